The smallest absolute Gasteiger partial charge is 0.407 e. The summed E-state index contributed by atoms with van der Waals surface area (Å²) in [5.41, 5.74) is 1.19. The van der Waals surface area contributed by atoms with E-state index in [-0.39, 0.29) is 5.41 Å². The molecule has 1 saturated heterocycles. The minimum absolute atomic E-state index is 0.0993. The van der Waals surface area contributed by atoms with E-state index in [1.54, 1.807) is 0 Å². The fourth-order valence-electron chi connectivity index (χ4n) is 3.18. The summed E-state index contributed by atoms with van der Waals surface area (Å²) in [6.07, 6.45) is 8.51. The second-order valence-corrected chi connectivity index (χ2v) is 6.63. The summed E-state index contributed by atoms with van der Waals surface area (Å²) in [6.45, 7) is 5.38. The van der Waals surface area contributed by atoms with Gasteiger partial charge >= 0.3 is 6.09 Å². The molecule has 1 amide bonds. The summed E-state index contributed by atoms with van der Waals surface area (Å²) in [5, 5.41) is 9.08. The zero-order valence-electron chi connectivity index (χ0n) is 12.6. The first-order valence-electron chi connectivity index (χ1n) is 7.67. The summed E-state index contributed by atoms with van der Waals surface area (Å²) in [5.74, 6) is 7.20. The minimum Gasteiger partial charge on any atom is -0.465 e. The Kier molecular flexibility index (Phi) is 4.75. The number of rotatable bonds is 0. The Balaban J connectivity index is 1.99. The third-order valence-corrected chi connectivity index (χ3v) is 4.52. The lowest BCUT2D eigenvalue weighted by Gasteiger charge is -2.38. The molecule has 0 aromatic rings. The Bertz CT molecular complexity index is 447. The zero-order valence-corrected chi connectivity index (χ0v) is 12.6. The summed E-state index contributed by atoms with van der Waals surface area (Å²) < 4.78 is 0. The van der Waals surface area contributed by atoms with Gasteiger partial charge in [-0.05, 0) is 25.3 Å². The van der Waals surface area contributed by atoms with E-state index in [0.717, 1.165) is 6.42 Å². The minimum atomic E-state index is -0.814. The van der Waals surface area contributed by atoms with Crippen LogP contribution in [0.3, 0.4) is 0 Å². The molecule has 2 rings (SSSR count). The largest absolute Gasteiger partial charge is 0.465 e. The van der Waals surface area contributed by atoms with Gasteiger partial charge in [-0.3, -0.25) is 0 Å². The molecule has 0 bridgehead atoms. The molecule has 0 radical (unpaired) electrons. The third kappa shape index (κ3) is 3.79. The molecule has 1 aliphatic carbocycles. The number of nitrogens with zero attached hydrogens (tertiary/aromatic N) is 1. The molecule has 1 saturated carbocycles. The van der Waals surface area contributed by atoms with Gasteiger partial charge < -0.3 is 10.0 Å². The van der Waals surface area contributed by atoms with Crippen LogP contribution in [0.2, 0.25) is 0 Å². The first kappa shape index (κ1) is 15.0. The third-order valence-electron chi connectivity index (χ3n) is 4.52. The number of hydrogen-bond donors (Lipinski definition) is 1. The van der Waals surface area contributed by atoms with Crippen LogP contribution in [0.5, 0.6) is 0 Å². The van der Waals surface area contributed by atoms with E-state index in [1.807, 2.05) is 6.08 Å². The maximum atomic E-state index is 11.0. The van der Waals surface area contributed by atoms with Crippen LogP contribution in [0.25, 0.3) is 0 Å². The van der Waals surface area contributed by atoms with Crippen LogP contribution in [0.15, 0.2) is 11.6 Å². The maximum absolute atomic E-state index is 11.0. The molecule has 110 valence electrons. The molecule has 0 aromatic carbocycles. The van der Waals surface area contributed by atoms with Crippen LogP contribution in [-0.2, 0) is 0 Å². The first-order valence-corrected chi connectivity index (χ1v) is 7.67. The number of amides is 1. The maximum Gasteiger partial charge on any atom is 0.407 e. The van der Waals surface area contributed by atoms with Crippen LogP contribution in [0.4, 0.5) is 4.79 Å². The summed E-state index contributed by atoms with van der Waals surface area (Å²) in [7, 11) is 0. The Hall–Kier alpha value is -1.43. The number of carboxylic acid groups (broad SMARTS) is 1. The van der Waals surface area contributed by atoms with Gasteiger partial charge in [-0.25, -0.2) is 4.79 Å². The highest BCUT2D eigenvalue weighted by molar-refractivity contribution is 5.65. The Morgan fingerprint density at radius 3 is 2.65 bits per heavy atom. The summed E-state index contributed by atoms with van der Waals surface area (Å²) >= 11 is 0. The normalized spacial score (nSPS) is 25.1. The van der Waals surface area contributed by atoms with E-state index in [0.29, 0.717) is 19.0 Å². The molecule has 2 fully saturated rings. The van der Waals surface area contributed by atoms with Gasteiger partial charge in [0.25, 0.3) is 0 Å². The highest BCUT2D eigenvalue weighted by Crippen LogP contribution is 2.34. The average molecular weight is 275 g/mol. The number of carbonyl (C=O) groups is 1. The van der Waals surface area contributed by atoms with Gasteiger partial charge in [-0.1, -0.05) is 50.5 Å². The molecule has 3 heteroatoms. The second kappa shape index (κ2) is 6.35. The molecular formula is C17H25NO2. The molecule has 0 atom stereocenters. The van der Waals surface area contributed by atoms with Crippen molar-refractivity contribution in [2.24, 2.45) is 11.3 Å². The van der Waals surface area contributed by atoms with Gasteiger partial charge in [0.2, 0.25) is 0 Å². The lowest BCUT2D eigenvalue weighted by molar-refractivity contribution is 0.117. The number of likely N-dealkylation sites (tertiary alicyclic amines) is 1. The Labute approximate surface area is 122 Å². The van der Waals surface area contributed by atoms with Crippen molar-refractivity contribution in [3.63, 3.8) is 0 Å². The van der Waals surface area contributed by atoms with Crippen LogP contribution in [-0.4, -0.2) is 29.2 Å². The molecule has 3 nitrogen and oxygen atoms in total. The summed E-state index contributed by atoms with van der Waals surface area (Å²) in [6, 6.07) is 0. The molecule has 1 heterocycles. The highest BCUT2D eigenvalue weighted by Gasteiger charge is 2.32. The van der Waals surface area contributed by atoms with Crippen molar-refractivity contribution in [3.8, 4) is 11.8 Å². The van der Waals surface area contributed by atoms with E-state index in [1.165, 1.54) is 42.6 Å². The number of hydrogen-bond acceptors (Lipinski definition) is 1. The molecule has 0 aromatic heterocycles. The van der Waals surface area contributed by atoms with Gasteiger partial charge in [0.05, 0.1) is 0 Å². The van der Waals surface area contributed by atoms with E-state index in [9.17, 15) is 4.79 Å². The van der Waals surface area contributed by atoms with E-state index in [4.69, 9.17) is 5.11 Å². The van der Waals surface area contributed by atoms with Crippen LogP contribution in [0.1, 0.15) is 52.4 Å². The van der Waals surface area contributed by atoms with Crippen LogP contribution in [0, 0.1) is 23.2 Å². The van der Waals surface area contributed by atoms with Gasteiger partial charge in [0, 0.05) is 24.4 Å². The van der Waals surface area contributed by atoms with Crippen molar-refractivity contribution in [2.75, 3.05) is 13.1 Å². The molecule has 20 heavy (non-hydrogen) atoms. The fraction of sp³-hybridized carbons (Fsp3) is 0.706. The van der Waals surface area contributed by atoms with E-state index >= 15 is 0 Å². The molecule has 1 aliphatic heterocycles. The average Bonchev–Trinajstić information content (AvgIpc) is 2.41. The van der Waals surface area contributed by atoms with Crippen molar-refractivity contribution in [1.29, 1.82) is 0 Å². The molecule has 2 aliphatic rings. The Morgan fingerprint density at radius 2 is 2.05 bits per heavy atom. The molecule has 0 unspecified atom stereocenters. The molecule has 1 N–H and O–H groups in total. The standard InChI is InChI=1S/C17H25NO2/c1-17(2)13-18(16(19)20)12-11-15(17)10-6-9-14-7-4-3-5-8-14/h10,14H,3-5,7-8,11-13H2,1-2H3,(H,19,20)/b15-10+. The number of piperidine rings is 1. The second-order valence-electron chi connectivity index (χ2n) is 6.63. The van der Waals surface area contributed by atoms with Gasteiger partial charge in [0.1, 0.15) is 0 Å². The monoisotopic (exact) mass is 275 g/mol. The summed E-state index contributed by atoms with van der Waals surface area (Å²) in [4.78, 5) is 12.6. The van der Waals surface area contributed by atoms with Crippen molar-refractivity contribution < 1.29 is 9.90 Å². The highest BCUT2D eigenvalue weighted by atomic mass is 16.4. The first-order chi connectivity index (χ1) is 9.49. The van der Waals surface area contributed by atoms with E-state index in [2.05, 4.69) is 25.7 Å². The quantitative estimate of drug-likeness (QED) is 0.681. The van der Waals surface area contributed by atoms with Crippen molar-refractivity contribution in [3.05, 3.63) is 11.6 Å². The van der Waals surface area contributed by atoms with Crippen molar-refractivity contribution in [2.45, 2.75) is 52.4 Å². The Morgan fingerprint density at radius 1 is 1.35 bits per heavy atom. The number of allylic oxidation sites excluding steroid dienone is 1. The van der Waals surface area contributed by atoms with Gasteiger partial charge in [-0.2, -0.15) is 0 Å². The van der Waals surface area contributed by atoms with Crippen LogP contribution >= 0.6 is 0 Å². The lowest BCUT2D eigenvalue weighted by atomic mass is 9.79. The lowest BCUT2D eigenvalue weighted by Crippen LogP contribution is -2.44. The van der Waals surface area contributed by atoms with Gasteiger partial charge in [0.15, 0.2) is 0 Å². The van der Waals surface area contributed by atoms with Crippen LogP contribution < -0.4 is 0 Å². The predicted octanol–water partition coefficient (Wildman–Crippen LogP) is 3.91. The predicted molar refractivity (Wildman–Crippen MR) is 80.4 cm³/mol. The zero-order chi connectivity index (χ0) is 14.6. The fourth-order valence-corrected chi connectivity index (χ4v) is 3.18. The van der Waals surface area contributed by atoms with Gasteiger partial charge in [-0.15, -0.1) is 0 Å². The molecular weight excluding hydrogens is 250 g/mol. The van der Waals surface area contributed by atoms with E-state index < -0.39 is 6.09 Å². The SMILES string of the molecule is CC1(C)CN(C(=O)O)CC/C1=C\C#CC1CCCCC1. The molecule has 0 spiro atoms. The van der Waals surface area contributed by atoms with Crippen molar-refractivity contribution >= 4 is 6.09 Å². The van der Waals surface area contributed by atoms with Crippen molar-refractivity contribution in [1.82, 2.24) is 4.90 Å². The topological polar surface area (TPSA) is 40.5 Å².